The third-order valence-corrected chi connectivity index (χ3v) is 6.52. The fraction of sp³-hybridized carbons (Fsp3) is 0.684. The maximum absolute atomic E-state index is 12.3. The Labute approximate surface area is 158 Å². The van der Waals surface area contributed by atoms with Gasteiger partial charge in [-0.1, -0.05) is 20.3 Å². The van der Waals surface area contributed by atoms with Crippen LogP contribution in [0, 0.1) is 5.92 Å². The molecule has 26 heavy (non-hydrogen) atoms. The Morgan fingerprint density at radius 2 is 2.00 bits per heavy atom. The molecular weight excluding hydrogens is 346 g/mol. The highest BCUT2D eigenvalue weighted by Crippen LogP contribution is 2.36. The Morgan fingerprint density at radius 3 is 2.62 bits per heavy atom. The van der Waals surface area contributed by atoms with E-state index in [0.717, 1.165) is 49.1 Å². The van der Waals surface area contributed by atoms with Crippen LogP contribution in [0.15, 0.2) is 17.2 Å². The second-order valence-electron chi connectivity index (χ2n) is 7.95. The third kappa shape index (κ3) is 3.68. The molecule has 0 radical (unpaired) electrons. The van der Waals surface area contributed by atoms with Crippen molar-refractivity contribution in [1.29, 1.82) is 0 Å². The molecule has 2 aromatic rings. The summed E-state index contributed by atoms with van der Waals surface area (Å²) in [7, 11) is 0. The van der Waals surface area contributed by atoms with Crippen molar-refractivity contribution in [2.24, 2.45) is 5.92 Å². The number of hydrogen-bond acceptors (Lipinski definition) is 6. The molecule has 6 nitrogen and oxygen atoms in total. The molecule has 3 heterocycles. The van der Waals surface area contributed by atoms with Crippen molar-refractivity contribution < 1.29 is 0 Å². The molecular formula is C19H27N5OS. The van der Waals surface area contributed by atoms with Crippen molar-refractivity contribution >= 4 is 16.7 Å². The van der Waals surface area contributed by atoms with E-state index >= 15 is 0 Å². The van der Waals surface area contributed by atoms with Gasteiger partial charge >= 0.3 is 0 Å². The summed E-state index contributed by atoms with van der Waals surface area (Å²) in [5.41, 5.74) is 0.944. The van der Waals surface area contributed by atoms with Gasteiger partial charge in [0.2, 0.25) is 5.13 Å². The Bertz CT molecular complexity index is 802. The van der Waals surface area contributed by atoms with E-state index in [-0.39, 0.29) is 11.5 Å². The van der Waals surface area contributed by atoms with E-state index in [1.807, 2.05) is 0 Å². The highest BCUT2D eigenvalue weighted by Gasteiger charge is 2.26. The molecule has 4 rings (SSSR count). The summed E-state index contributed by atoms with van der Waals surface area (Å²) in [5, 5.41) is 1.07. The molecule has 0 aromatic carbocycles. The molecule has 0 N–H and O–H groups in total. The predicted molar refractivity (Wildman–Crippen MR) is 104 cm³/mol. The maximum atomic E-state index is 12.3. The van der Waals surface area contributed by atoms with Crippen molar-refractivity contribution in [2.45, 2.75) is 64.3 Å². The Hall–Kier alpha value is -1.76. The van der Waals surface area contributed by atoms with Crippen LogP contribution in [0.5, 0.6) is 0 Å². The lowest BCUT2D eigenvalue weighted by molar-refractivity contribution is 0.350. The predicted octanol–water partition coefficient (Wildman–Crippen LogP) is 3.40. The standard InChI is InChI=1S/C19H27N5OS/c1-13(2)16-10-17(25)24(12-20-16)11-14-6-8-23(9-7-14)19-21-18(22-26-19)15-4-3-5-15/h10,12-15H,3-9,11H2,1-2H3. The van der Waals surface area contributed by atoms with Crippen LogP contribution in [0.4, 0.5) is 5.13 Å². The first-order valence-corrected chi connectivity index (χ1v) is 10.5. The smallest absolute Gasteiger partial charge is 0.253 e. The fourth-order valence-corrected chi connectivity index (χ4v) is 4.46. The fourth-order valence-electron chi connectivity index (χ4n) is 3.66. The van der Waals surface area contributed by atoms with Gasteiger partial charge in [-0.2, -0.15) is 4.37 Å². The minimum Gasteiger partial charge on any atom is -0.347 e. The van der Waals surface area contributed by atoms with Gasteiger partial charge in [-0.05, 0) is 37.5 Å². The van der Waals surface area contributed by atoms with Gasteiger partial charge in [0.15, 0.2) is 0 Å². The molecule has 0 spiro atoms. The third-order valence-electron chi connectivity index (χ3n) is 5.73. The Morgan fingerprint density at radius 1 is 1.23 bits per heavy atom. The summed E-state index contributed by atoms with van der Waals surface area (Å²) in [4.78, 5) is 23.9. The summed E-state index contributed by atoms with van der Waals surface area (Å²) in [6, 6.07) is 1.68. The molecule has 2 aliphatic rings. The van der Waals surface area contributed by atoms with E-state index < -0.39 is 0 Å². The maximum Gasteiger partial charge on any atom is 0.253 e. The zero-order valence-electron chi connectivity index (χ0n) is 15.6. The second kappa shape index (κ2) is 7.47. The highest BCUT2D eigenvalue weighted by molar-refractivity contribution is 7.09. The average molecular weight is 374 g/mol. The van der Waals surface area contributed by atoms with Crippen LogP contribution in [0.1, 0.15) is 69.3 Å². The van der Waals surface area contributed by atoms with Gasteiger partial charge in [-0.25, -0.2) is 9.97 Å². The quantitative estimate of drug-likeness (QED) is 0.804. The van der Waals surface area contributed by atoms with Crippen LogP contribution >= 0.6 is 11.5 Å². The van der Waals surface area contributed by atoms with Gasteiger partial charge in [0.1, 0.15) is 5.82 Å². The number of aromatic nitrogens is 4. The molecule has 1 saturated heterocycles. The first-order chi connectivity index (χ1) is 12.6. The van der Waals surface area contributed by atoms with Crippen LogP contribution in [0.25, 0.3) is 0 Å². The topological polar surface area (TPSA) is 63.9 Å². The molecule has 140 valence electrons. The molecule has 2 aromatic heterocycles. The van der Waals surface area contributed by atoms with Crippen LogP contribution in [0.3, 0.4) is 0 Å². The molecule has 1 aliphatic heterocycles. The number of nitrogens with zero attached hydrogens (tertiary/aromatic N) is 5. The normalized spacial score (nSPS) is 19.1. The van der Waals surface area contributed by atoms with Crippen LogP contribution in [0.2, 0.25) is 0 Å². The van der Waals surface area contributed by atoms with Crippen molar-refractivity contribution in [1.82, 2.24) is 18.9 Å². The number of piperidine rings is 1. The highest BCUT2D eigenvalue weighted by atomic mass is 32.1. The molecule has 2 fully saturated rings. The van der Waals surface area contributed by atoms with E-state index in [1.54, 1.807) is 28.5 Å². The molecule has 0 atom stereocenters. The summed E-state index contributed by atoms with van der Waals surface area (Å²) in [5.74, 6) is 2.47. The van der Waals surface area contributed by atoms with Crippen molar-refractivity contribution in [3.63, 3.8) is 0 Å². The van der Waals surface area contributed by atoms with Crippen LogP contribution in [-0.2, 0) is 6.54 Å². The Balaban J connectivity index is 1.33. The zero-order valence-corrected chi connectivity index (χ0v) is 16.4. The van der Waals surface area contributed by atoms with Crippen LogP contribution in [-0.4, -0.2) is 32.0 Å². The second-order valence-corrected chi connectivity index (χ2v) is 8.68. The van der Waals surface area contributed by atoms with Gasteiger partial charge in [-0.3, -0.25) is 9.36 Å². The SMILES string of the molecule is CC(C)c1cc(=O)n(CC2CCN(c3nc(C4CCC4)ns3)CC2)cn1. The van der Waals surface area contributed by atoms with Gasteiger partial charge in [-0.15, -0.1) is 0 Å². The number of hydrogen-bond donors (Lipinski definition) is 0. The number of anilines is 1. The molecule has 1 saturated carbocycles. The van der Waals surface area contributed by atoms with E-state index in [2.05, 4.69) is 28.1 Å². The zero-order chi connectivity index (χ0) is 18.1. The van der Waals surface area contributed by atoms with E-state index in [4.69, 9.17) is 4.98 Å². The van der Waals surface area contributed by atoms with Gasteiger partial charge < -0.3 is 4.90 Å². The molecule has 0 amide bonds. The van der Waals surface area contributed by atoms with Crippen molar-refractivity contribution in [2.75, 3.05) is 18.0 Å². The molecule has 0 unspecified atom stereocenters. The van der Waals surface area contributed by atoms with Gasteiger partial charge in [0, 0.05) is 43.2 Å². The number of rotatable bonds is 5. The van der Waals surface area contributed by atoms with E-state index in [0.29, 0.717) is 11.8 Å². The average Bonchev–Trinajstić information content (AvgIpc) is 3.05. The lowest BCUT2D eigenvalue weighted by Crippen LogP contribution is -2.36. The van der Waals surface area contributed by atoms with Crippen LogP contribution < -0.4 is 10.5 Å². The lowest BCUT2D eigenvalue weighted by atomic mass is 9.85. The Kier molecular flexibility index (Phi) is 5.07. The first-order valence-electron chi connectivity index (χ1n) is 9.75. The molecule has 7 heteroatoms. The first kappa shape index (κ1) is 17.6. The largest absolute Gasteiger partial charge is 0.347 e. The van der Waals surface area contributed by atoms with Crippen molar-refractivity contribution in [3.8, 4) is 0 Å². The summed E-state index contributed by atoms with van der Waals surface area (Å²) >= 11 is 1.55. The summed E-state index contributed by atoms with van der Waals surface area (Å²) < 4.78 is 6.34. The van der Waals surface area contributed by atoms with Crippen molar-refractivity contribution in [3.05, 3.63) is 34.3 Å². The molecule has 0 bridgehead atoms. The lowest BCUT2D eigenvalue weighted by Gasteiger charge is -2.31. The van der Waals surface area contributed by atoms with E-state index in [1.165, 1.54) is 19.3 Å². The molecule has 1 aliphatic carbocycles. The van der Waals surface area contributed by atoms with E-state index in [9.17, 15) is 4.79 Å². The van der Waals surface area contributed by atoms with Gasteiger partial charge in [0.25, 0.3) is 5.56 Å². The van der Waals surface area contributed by atoms with Gasteiger partial charge in [0.05, 0.1) is 12.0 Å². The summed E-state index contributed by atoms with van der Waals surface area (Å²) in [6.07, 6.45) is 7.69. The minimum absolute atomic E-state index is 0.0698. The monoisotopic (exact) mass is 373 g/mol. The summed E-state index contributed by atoms with van der Waals surface area (Å²) in [6.45, 7) is 6.88. The minimum atomic E-state index is 0.0698.